The molecule has 2 aromatic rings. The van der Waals surface area contributed by atoms with Gasteiger partial charge in [-0.15, -0.1) is 0 Å². The minimum Gasteiger partial charge on any atom is -0.339 e. The average molecular weight is 410 g/mol. The third kappa shape index (κ3) is 3.00. The number of amides is 2. The molecule has 3 aliphatic heterocycles. The maximum atomic E-state index is 13.9. The number of hydrogen-bond acceptors (Lipinski definition) is 4. The summed E-state index contributed by atoms with van der Waals surface area (Å²) in [7, 11) is 0. The molecule has 0 saturated carbocycles. The van der Waals surface area contributed by atoms with E-state index in [2.05, 4.69) is 0 Å². The van der Waals surface area contributed by atoms with E-state index >= 15 is 0 Å². The summed E-state index contributed by atoms with van der Waals surface area (Å²) in [5.74, 6) is -2.52. The number of anilines is 2. The molecule has 3 heterocycles. The third-order valence-corrected chi connectivity index (χ3v) is 5.93. The monoisotopic (exact) mass is 410 g/mol. The van der Waals surface area contributed by atoms with Crippen molar-refractivity contribution in [3.63, 3.8) is 0 Å². The number of nitrogens with zero attached hydrogens (tertiary/aromatic N) is 2. The van der Waals surface area contributed by atoms with Crippen LogP contribution in [-0.4, -0.2) is 43.0 Å². The maximum absolute atomic E-state index is 13.9. The van der Waals surface area contributed by atoms with Crippen LogP contribution in [0.15, 0.2) is 42.5 Å². The van der Waals surface area contributed by atoms with Gasteiger partial charge in [-0.05, 0) is 62.1 Å². The Labute approximate surface area is 174 Å². The average Bonchev–Trinajstić information content (AvgIpc) is 3.01. The van der Waals surface area contributed by atoms with Gasteiger partial charge in [0, 0.05) is 24.2 Å². The molecule has 0 aromatic heterocycles. The zero-order chi connectivity index (χ0) is 20.7. The molecule has 2 aromatic carbocycles. The first kappa shape index (κ1) is 19.2. The van der Waals surface area contributed by atoms with Gasteiger partial charge in [0.25, 0.3) is 17.6 Å². The fourth-order valence-electron chi connectivity index (χ4n) is 4.46. The number of likely N-dealkylation sites (tertiary alicyclic amines) is 1. The van der Waals surface area contributed by atoms with Gasteiger partial charge in [0.1, 0.15) is 5.82 Å². The second kappa shape index (κ2) is 7.49. The summed E-state index contributed by atoms with van der Waals surface area (Å²) in [4.78, 5) is 29.8. The lowest BCUT2D eigenvalue weighted by Gasteiger charge is -2.32. The van der Waals surface area contributed by atoms with Crippen LogP contribution < -0.4 is 4.90 Å². The van der Waals surface area contributed by atoms with Gasteiger partial charge in [-0.3, -0.25) is 14.5 Å². The summed E-state index contributed by atoms with van der Waals surface area (Å²) in [5, 5.41) is 0. The number of benzene rings is 2. The van der Waals surface area contributed by atoms with Gasteiger partial charge in [-0.1, -0.05) is 6.07 Å². The Balaban J connectivity index is 1.60. The molecule has 0 atom stereocenters. The Morgan fingerprint density at radius 1 is 0.967 bits per heavy atom. The van der Waals surface area contributed by atoms with E-state index in [0.29, 0.717) is 42.1 Å². The minimum absolute atomic E-state index is 0.0555. The maximum Gasteiger partial charge on any atom is 0.297 e. The van der Waals surface area contributed by atoms with Crippen LogP contribution in [0.5, 0.6) is 0 Å². The van der Waals surface area contributed by atoms with Gasteiger partial charge in [0.2, 0.25) is 0 Å². The number of fused-ring (bicyclic) bond motifs is 2. The van der Waals surface area contributed by atoms with Crippen molar-refractivity contribution in [1.82, 2.24) is 4.90 Å². The van der Waals surface area contributed by atoms with Crippen molar-refractivity contribution >= 4 is 23.2 Å². The smallest absolute Gasteiger partial charge is 0.297 e. The molecule has 0 radical (unpaired) electrons. The number of carbonyl (C=O) groups is 2. The van der Waals surface area contributed by atoms with Crippen molar-refractivity contribution in [3.8, 4) is 0 Å². The van der Waals surface area contributed by atoms with Gasteiger partial charge in [0.05, 0.1) is 24.6 Å². The van der Waals surface area contributed by atoms with Crippen LogP contribution in [0, 0.1) is 5.82 Å². The quantitative estimate of drug-likeness (QED) is 0.757. The van der Waals surface area contributed by atoms with E-state index < -0.39 is 17.5 Å². The Bertz CT molecular complexity index is 996. The highest BCUT2D eigenvalue weighted by Gasteiger charge is 2.55. The van der Waals surface area contributed by atoms with Crippen molar-refractivity contribution in [2.24, 2.45) is 0 Å². The second-order valence-corrected chi connectivity index (χ2v) is 7.87. The highest BCUT2D eigenvalue weighted by atomic mass is 19.1. The second-order valence-electron chi connectivity index (χ2n) is 7.87. The summed E-state index contributed by atoms with van der Waals surface area (Å²) in [6.45, 7) is 2.21. The predicted molar refractivity (Wildman–Crippen MR) is 108 cm³/mol. The fraction of sp³-hybridized carbons (Fsp3) is 0.391. The number of ether oxygens (including phenoxy) is 2. The first-order chi connectivity index (χ1) is 14.6. The Morgan fingerprint density at radius 2 is 1.73 bits per heavy atom. The zero-order valence-electron chi connectivity index (χ0n) is 16.6. The molecular weight excluding hydrogens is 387 g/mol. The van der Waals surface area contributed by atoms with E-state index in [1.807, 2.05) is 4.90 Å². The van der Waals surface area contributed by atoms with E-state index in [1.54, 1.807) is 30.3 Å². The van der Waals surface area contributed by atoms with Crippen LogP contribution in [-0.2, 0) is 20.1 Å². The summed E-state index contributed by atoms with van der Waals surface area (Å²) in [6, 6.07) is 11.0. The number of piperidine rings is 1. The van der Waals surface area contributed by atoms with E-state index in [0.717, 1.165) is 32.4 Å². The Kier molecular flexibility index (Phi) is 4.79. The van der Waals surface area contributed by atoms with E-state index in [9.17, 15) is 14.0 Å². The highest BCUT2D eigenvalue weighted by Crippen LogP contribution is 2.48. The molecule has 2 saturated heterocycles. The lowest BCUT2D eigenvalue weighted by Crippen LogP contribution is -2.46. The van der Waals surface area contributed by atoms with Crippen LogP contribution in [0.2, 0.25) is 0 Å². The first-order valence-electron chi connectivity index (χ1n) is 10.4. The first-order valence-corrected chi connectivity index (χ1v) is 10.4. The molecule has 7 heteroatoms. The molecule has 0 aliphatic carbocycles. The zero-order valence-corrected chi connectivity index (χ0v) is 16.6. The molecule has 2 amide bonds. The summed E-state index contributed by atoms with van der Waals surface area (Å²) in [5.41, 5.74) is 1.94. The minimum atomic E-state index is -1.60. The standard InChI is InChI=1S/C23H23FN2O4/c24-17-6-4-7-18(15-17)26-20-9-8-16(21(27)25-10-2-1-3-11-25)14-19(20)23(22(26)28)29-12-5-13-30-23/h4,6-9,14-15H,1-3,5,10-13H2. The van der Waals surface area contributed by atoms with Crippen molar-refractivity contribution in [2.75, 3.05) is 31.2 Å². The van der Waals surface area contributed by atoms with Crippen molar-refractivity contribution in [3.05, 3.63) is 59.4 Å². The molecule has 1 spiro atoms. The normalized spacial score (nSPS) is 20.5. The molecule has 156 valence electrons. The summed E-state index contributed by atoms with van der Waals surface area (Å²) >= 11 is 0. The Hall–Kier alpha value is -2.77. The number of carbonyl (C=O) groups excluding carboxylic acids is 2. The van der Waals surface area contributed by atoms with Gasteiger partial charge < -0.3 is 14.4 Å². The number of rotatable bonds is 2. The number of halogens is 1. The van der Waals surface area contributed by atoms with Gasteiger partial charge in [-0.25, -0.2) is 4.39 Å². The van der Waals surface area contributed by atoms with E-state index in [1.165, 1.54) is 17.0 Å². The largest absolute Gasteiger partial charge is 0.339 e. The lowest BCUT2D eigenvalue weighted by atomic mass is 10.0. The number of hydrogen-bond donors (Lipinski definition) is 0. The van der Waals surface area contributed by atoms with E-state index in [-0.39, 0.29) is 5.91 Å². The molecule has 0 N–H and O–H groups in total. The molecule has 5 rings (SSSR count). The van der Waals surface area contributed by atoms with Gasteiger partial charge in [-0.2, -0.15) is 0 Å². The molecule has 6 nitrogen and oxygen atoms in total. The Morgan fingerprint density at radius 3 is 2.47 bits per heavy atom. The van der Waals surface area contributed by atoms with E-state index in [4.69, 9.17) is 9.47 Å². The lowest BCUT2D eigenvalue weighted by molar-refractivity contribution is -0.256. The van der Waals surface area contributed by atoms with Crippen LogP contribution in [0.1, 0.15) is 41.6 Å². The molecule has 30 heavy (non-hydrogen) atoms. The molecule has 3 aliphatic rings. The van der Waals surface area contributed by atoms with Crippen molar-refractivity contribution in [2.45, 2.75) is 31.5 Å². The summed E-state index contributed by atoms with van der Waals surface area (Å²) < 4.78 is 25.7. The van der Waals surface area contributed by atoms with Crippen LogP contribution in [0.3, 0.4) is 0 Å². The molecular formula is C23H23FN2O4. The fourth-order valence-corrected chi connectivity index (χ4v) is 4.46. The van der Waals surface area contributed by atoms with Crippen LogP contribution >= 0.6 is 0 Å². The predicted octanol–water partition coefficient (Wildman–Crippen LogP) is 3.72. The third-order valence-electron chi connectivity index (χ3n) is 5.93. The van der Waals surface area contributed by atoms with Crippen LogP contribution in [0.25, 0.3) is 0 Å². The van der Waals surface area contributed by atoms with Gasteiger partial charge in [0.15, 0.2) is 0 Å². The van der Waals surface area contributed by atoms with Gasteiger partial charge >= 0.3 is 0 Å². The van der Waals surface area contributed by atoms with Crippen molar-refractivity contribution in [1.29, 1.82) is 0 Å². The highest BCUT2D eigenvalue weighted by molar-refractivity contribution is 6.12. The van der Waals surface area contributed by atoms with Crippen molar-refractivity contribution < 1.29 is 23.5 Å². The van der Waals surface area contributed by atoms with Crippen LogP contribution in [0.4, 0.5) is 15.8 Å². The molecule has 2 fully saturated rings. The topological polar surface area (TPSA) is 59.1 Å². The SMILES string of the molecule is O=C(c1ccc2c(c1)C1(OCCCO1)C(=O)N2c1cccc(F)c1)N1CCCCC1. The molecule has 0 unspecified atom stereocenters. The summed E-state index contributed by atoms with van der Waals surface area (Å²) in [6.07, 6.45) is 3.81. The molecule has 0 bridgehead atoms.